The van der Waals surface area contributed by atoms with Crippen molar-refractivity contribution in [2.45, 2.75) is 32.9 Å². The lowest BCUT2D eigenvalue weighted by atomic mass is 10.0. The van der Waals surface area contributed by atoms with Crippen molar-refractivity contribution in [3.8, 4) is 0 Å². The number of hydrogen-bond donors (Lipinski definition) is 3. The molecule has 29 heavy (non-hydrogen) atoms. The number of aromatic nitrogens is 1. The molecule has 0 saturated heterocycles. The lowest BCUT2D eigenvalue weighted by Gasteiger charge is -2.19. The summed E-state index contributed by atoms with van der Waals surface area (Å²) in [5.74, 6) is 0.0957. The van der Waals surface area contributed by atoms with Crippen LogP contribution in [-0.2, 0) is 22.6 Å². The second kappa shape index (κ2) is 9.78. The van der Waals surface area contributed by atoms with Gasteiger partial charge in [0.1, 0.15) is 12.6 Å². The van der Waals surface area contributed by atoms with Crippen LogP contribution in [0.5, 0.6) is 0 Å². The van der Waals surface area contributed by atoms with Crippen LogP contribution in [0.2, 0.25) is 0 Å². The van der Waals surface area contributed by atoms with Crippen molar-refractivity contribution in [1.82, 2.24) is 15.6 Å². The number of rotatable bonds is 8. The normalized spacial score (nSPS) is 12.0. The average Bonchev–Trinajstić information content (AvgIpc) is 3.13. The maximum Gasteiger partial charge on any atom is 0.408 e. The fourth-order valence-electron chi connectivity index (χ4n) is 3.06. The van der Waals surface area contributed by atoms with Gasteiger partial charge in [0.25, 0.3) is 0 Å². The number of para-hydroxylation sites is 1. The summed E-state index contributed by atoms with van der Waals surface area (Å²) >= 11 is 0. The third-order valence-corrected chi connectivity index (χ3v) is 4.60. The predicted molar refractivity (Wildman–Crippen MR) is 113 cm³/mol. The number of hydrogen-bond acceptors (Lipinski definition) is 3. The Bertz CT molecular complexity index is 950. The fourth-order valence-corrected chi connectivity index (χ4v) is 3.06. The van der Waals surface area contributed by atoms with E-state index in [9.17, 15) is 9.59 Å². The highest BCUT2D eigenvalue weighted by molar-refractivity contribution is 5.88. The second-order valence-corrected chi connectivity index (χ2v) is 7.46. The van der Waals surface area contributed by atoms with Crippen molar-refractivity contribution in [3.05, 3.63) is 71.9 Å². The molecule has 1 aromatic heterocycles. The Hall–Kier alpha value is -3.28. The first kappa shape index (κ1) is 20.5. The van der Waals surface area contributed by atoms with Crippen molar-refractivity contribution in [1.29, 1.82) is 0 Å². The molecule has 0 radical (unpaired) electrons. The molecule has 1 heterocycles. The molecule has 0 aliphatic heterocycles. The van der Waals surface area contributed by atoms with Crippen LogP contribution < -0.4 is 10.6 Å². The van der Waals surface area contributed by atoms with E-state index in [1.54, 1.807) is 0 Å². The monoisotopic (exact) mass is 393 g/mol. The molecule has 2 amide bonds. The van der Waals surface area contributed by atoms with Gasteiger partial charge in [-0.2, -0.15) is 0 Å². The second-order valence-electron chi connectivity index (χ2n) is 7.46. The number of amides is 2. The number of aromatic amines is 1. The van der Waals surface area contributed by atoms with E-state index in [4.69, 9.17) is 4.74 Å². The van der Waals surface area contributed by atoms with Crippen molar-refractivity contribution in [2.24, 2.45) is 5.92 Å². The fraction of sp³-hybridized carbons (Fsp3) is 0.304. The highest BCUT2D eigenvalue weighted by Crippen LogP contribution is 2.19. The number of ether oxygens (including phenoxy) is 1. The van der Waals surface area contributed by atoms with Gasteiger partial charge in [-0.1, -0.05) is 62.4 Å². The van der Waals surface area contributed by atoms with E-state index in [-0.39, 0.29) is 12.5 Å². The van der Waals surface area contributed by atoms with Gasteiger partial charge < -0.3 is 20.4 Å². The highest BCUT2D eigenvalue weighted by Gasteiger charge is 2.23. The predicted octanol–water partition coefficient (Wildman–Crippen LogP) is 3.78. The van der Waals surface area contributed by atoms with E-state index >= 15 is 0 Å². The van der Waals surface area contributed by atoms with Gasteiger partial charge in [-0.25, -0.2) is 4.79 Å². The molecule has 3 rings (SSSR count). The van der Waals surface area contributed by atoms with Crippen LogP contribution in [0.25, 0.3) is 10.9 Å². The van der Waals surface area contributed by atoms with Gasteiger partial charge in [0.2, 0.25) is 5.91 Å². The molecule has 0 aliphatic carbocycles. The quantitative estimate of drug-likeness (QED) is 0.545. The van der Waals surface area contributed by atoms with Crippen molar-refractivity contribution in [3.63, 3.8) is 0 Å². The maximum absolute atomic E-state index is 12.7. The molecule has 1 atom stereocenters. The number of carbonyl (C=O) groups is 2. The summed E-state index contributed by atoms with van der Waals surface area (Å²) in [6, 6.07) is 16.6. The Labute approximate surface area is 170 Å². The molecule has 6 nitrogen and oxygen atoms in total. The number of H-pyrrole nitrogens is 1. The molecule has 3 N–H and O–H groups in total. The summed E-state index contributed by atoms with van der Waals surface area (Å²) in [5, 5.41) is 6.66. The Balaban J connectivity index is 1.68. The van der Waals surface area contributed by atoms with Crippen LogP contribution in [0.4, 0.5) is 4.79 Å². The number of fused-ring (bicyclic) bond motifs is 1. The molecule has 6 heteroatoms. The molecule has 3 aromatic rings. The van der Waals surface area contributed by atoms with Gasteiger partial charge >= 0.3 is 6.09 Å². The molecule has 0 aliphatic rings. The van der Waals surface area contributed by atoms with Crippen LogP contribution in [-0.4, -0.2) is 29.6 Å². The van der Waals surface area contributed by atoms with Crippen LogP contribution in [0.15, 0.2) is 60.8 Å². The molecule has 152 valence electrons. The smallest absolute Gasteiger partial charge is 0.408 e. The molecule has 0 spiro atoms. The van der Waals surface area contributed by atoms with Crippen LogP contribution in [0.3, 0.4) is 0 Å². The largest absolute Gasteiger partial charge is 0.445 e. The summed E-state index contributed by atoms with van der Waals surface area (Å²) in [6.07, 6.45) is 1.64. The van der Waals surface area contributed by atoms with E-state index < -0.39 is 12.1 Å². The summed E-state index contributed by atoms with van der Waals surface area (Å²) in [4.78, 5) is 28.3. The van der Waals surface area contributed by atoms with Gasteiger partial charge in [-0.05, 0) is 23.1 Å². The number of nitrogens with one attached hydrogen (secondary N) is 3. The lowest BCUT2D eigenvalue weighted by Crippen LogP contribution is -2.48. The van der Waals surface area contributed by atoms with E-state index in [2.05, 4.69) is 15.6 Å². The van der Waals surface area contributed by atoms with Crippen LogP contribution >= 0.6 is 0 Å². The molecule has 0 bridgehead atoms. The first-order valence-electron chi connectivity index (χ1n) is 9.83. The van der Waals surface area contributed by atoms with E-state index in [0.29, 0.717) is 18.9 Å². The molecule has 0 fully saturated rings. The molecule has 0 saturated carbocycles. The zero-order valence-corrected chi connectivity index (χ0v) is 16.8. The maximum atomic E-state index is 12.7. The van der Waals surface area contributed by atoms with Crippen LogP contribution in [0.1, 0.15) is 25.0 Å². The number of alkyl carbamates (subject to hydrolysis) is 1. The van der Waals surface area contributed by atoms with Crippen LogP contribution in [0, 0.1) is 5.92 Å². The van der Waals surface area contributed by atoms with Crippen molar-refractivity contribution >= 4 is 22.9 Å². The third kappa shape index (κ3) is 5.85. The first-order chi connectivity index (χ1) is 14.0. The minimum atomic E-state index is -0.726. The minimum Gasteiger partial charge on any atom is -0.445 e. The molecular formula is C23H27N3O3. The van der Waals surface area contributed by atoms with E-state index in [1.807, 2.05) is 74.6 Å². The van der Waals surface area contributed by atoms with Gasteiger partial charge in [0, 0.05) is 30.1 Å². The average molecular weight is 393 g/mol. The highest BCUT2D eigenvalue weighted by atomic mass is 16.5. The zero-order valence-electron chi connectivity index (χ0n) is 16.8. The van der Waals surface area contributed by atoms with E-state index in [0.717, 1.165) is 22.0 Å². The van der Waals surface area contributed by atoms with Crippen molar-refractivity contribution in [2.75, 3.05) is 6.54 Å². The Morgan fingerprint density at radius 1 is 1.03 bits per heavy atom. The summed E-state index contributed by atoms with van der Waals surface area (Å²) < 4.78 is 5.30. The van der Waals surface area contributed by atoms with Crippen molar-refractivity contribution < 1.29 is 14.3 Å². The number of carbonyl (C=O) groups excluding carboxylic acids is 2. The first-order valence-corrected chi connectivity index (χ1v) is 9.83. The number of benzene rings is 2. The third-order valence-electron chi connectivity index (χ3n) is 4.60. The SMILES string of the molecule is CC(C)CNC(=O)[C@H](Cc1c[nH]c2ccccc12)NC(=O)OCc1ccccc1. The zero-order chi connectivity index (χ0) is 20.6. The molecule has 2 aromatic carbocycles. The summed E-state index contributed by atoms with van der Waals surface area (Å²) in [6.45, 7) is 4.75. The van der Waals surface area contributed by atoms with Gasteiger partial charge in [0.15, 0.2) is 0 Å². The topological polar surface area (TPSA) is 83.2 Å². The minimum absolute atomic E-state index is 0.153. The van der Waals surface area contributed by atoms with E-state index in [1.165, 1.54) is 0 Å². The standard InChI is InChI=1S/C23H27N3O3/c1-16(2)13-25-22(27)21(12-18-14-24-20-11-7-6-10-19(18)20)26-23(28)29-15-17-8-4-3-5-9-17/h3-11,14,16,21,24H,12-13,15H2,1-2H3,(H,25,27)(H,26,28)/t21-/m0/s1. The molecule has 0 unspecified atom stereocenters. The molecular weight excluding hydrogens is 366 g/mol. The van der Waals surface area contributed by atoms with Gasteiger partial charge in [-0.15, -0.1) is 0 Å². The Morgan fingerprint density at radius 3 is 2.52 bits per heavy atom. The van der Waals surface area contributed by atoms with Gasteiger partial charge in [0.05, 0.1) is 0 Å². The van der Waals surface area contributed by atoms with Gasteiger partial charge in [-0.3, -0.25) is 4.79 Å². The lowest BCUT2D eigenvalue weighted by molar-refractivity contribution is -0.123. The Morgan fingerprint density at radius 2 is 1.76 bits per heavy atom. The Kier molecular flexibility index (Phi) is 6.89. The summed E-state index contributed by atoms with van der Waals surface area (Å²) in [5.41, 5.74) is 2.85. The summed E-state index contributed by atoms with van der Waals surface area (Å²) in [7, 11) is 0.